The Bertz CT molecular complexity index is 1130. The summed E-state index contributed by atoms with van der Waals surface area (Å²) in [7, 11) is 1.63. The monoisotopic (exact) mass is 460 g/mol. The Hall–Kier alpha value is -3.65. The number of nitrogens with zero attached hydrogens (tertiary/aromatic N) is 3. The number of rotatable bonds is 7. The number of benzene rings is 2. The lowest BCUT2D eigenvalue weighted by Crippen LogP contribution is -2.41. The van der Waals surface area contributed by atoms with Gasteiger partial charge < -0.3 is 19.5 Å². The Balaban J connectivity index is 1.22. The maximum atomic E-state index is 13.3. The topological polar surface area (TPSA) is 85.8 Å². The molecule has 176 valence electrons. The van der Waals surface area contributed by atoms with Crippen molar-refractivity contribution in [2.24, 2.45) is 5.92 Å². The number of likely N-dealkylation sites (tertiary alicyclic amines) is 1. The number of methoxy groups -OCH3 is 1. The number of piperidine rings is 1. The summed E-state index contributed by atoms with van der Waals surface area (Å²) in [6, 6.07) is 13.4. The Morgan fingerprint density at radius 3 is 2.79 bits per heavy atom. The Morgan fingerprint density at radius 1 is 1.15 bits per heavy atom. The smallest absolute Gasteiger partial charge is 0.231 e. The lowest BCUT2D eigenvalue weighted by molar-refractivity contribution is -0.127. The van der Waals surface area contributed by atoms with Crippen LogP contribution in [0.1, 0.15) is 35.7 Å². The third-order valence-electron chi connectivity index (χ3n) is 6.39. The van der Waals surface area contributed by atoms with Crippen molar-refractivity contribution in [2.75, 3.05) is 27.0 Å². The van der Waals surface area contributed by atoms with Crippen LogP contribution in [0.25, 0.3) is 0 Å². The first-order valence-corrected chi connectivity index (χ1v) is 11.5. The minimum atomic E-state index is -0.386. The highest BCUT2D eigenvalue weighted by Gasteiger charge is 2.28. The fourth-order valence-electron chi connectivity index (χ4n) is 4.52. The molecule has 2 aromatic carbocycles. The molecule has 3 aromatic rings. The predicted molar refractivity (Wildman–Crippen MR) is 126 cm³/mol. The van der Waals surface area contributed by atoms with E-state index in [-0.39, 0.29) is 24.7 Å². The number of carbonyl (C=O) groups is 1. The van der Waals surface area contributed by atoms with Crippen molar-refractivity contribution in [1.29, 1.82) is 0 Å². The third-order valence-corrected chi connectivity index (χ3v) is 6.39. The minimum absolute atomic E-state index is 0.0428. The molecule has 0 spiro atoms. The molecular formula is C26H28N4O4. The quantitative estimate of drug-likeness (QED) is 0.579. The number of ether oxygens (including phenoxy) is 3. The zero-order valence-corrected chi connectivity index (χ0v) is 19.1. The molecule has 1 fully saturated rings. The van der Waals surface area contributed by atoms with E-state index < -0.39 is 0 Å². The fourth-order valence-corrected chi connectivity index (χ4v) is 4.52. The van der Waals surface area contributed by atoms with Crippen LogP contribution in [0.4, 0.5) is 0 Å². The first-order chi connectivity index (χ1) is 16.7. The summed E-state index contributed by atoms with van der Waals surface area (Å²) in [6.07, 6.45) is 6.58. The molecule has 2 aliphatic rings. The molecule has 1 atom stereocenters. The van der Waals surface area contributed by atoms with Gasteiger partial charge in [0.05, 0.1) is 25.0 Å². The van der Waals surface area contributed by atoms with E-state index >= 15 is 0 Å². The Morgan fingerprint density at radius 2 is 2.00 bits per heavy atom. The maximum absolute atomic E-state index is 13.3. The molecule has 2 aliphatic heterocycles. The normalized spacial score (nSPS) is 16.7. The van der Waals surface area contributed by atoms with E-state index in [9.17, 15) is 4.79 Å². The SMILES string of the molecule is COc1cccc(C(NC(=O)C2CCN(Cc3ccc4c(c3)OCO4)CC2)c2cnccn2)c1. The highest BCUT2D eigenvalue weighted by atomic mass is 16.7. The molecule has 3 heterocycles. The van der Waals surface area contributed by atoms with E-state index in [1.165, 1.54) is 5.56 Å². The molecule has 0 saturated carbocycles. The molecule has 34 heavy (non-hydrogen) atoms. The lowest BCUT2D eigenvalue weighted by atomic mass is 9.94. The summed E-state index contributed by atoms with van der Waals surface area (Å²) in [5.41, 5.74) is 2.80. The third kappa shape index (κ3) is 4.97. The highest BCUT2D eigenvalue weighted by Crippen LogP contribution is 2.33. The predicted octanol–water partition coefficient (Wildman–Crippen LogP) is 3.33. The fraction of sp³-hybridized carbons (Fsp3) is 0.346. The van der Waals surface area contributed by atoms with E-state index in [1.54, 1.807) is 25.7 Å². The van der Waals surface area contributed by atoms with Gasteiger partial charge in [-0.3, -0.25) is 19.7 Å². The number of fused-ring (bicyclic) bond motifs is 1. The molecule has 8 nitrogen and oxygen atoms in total. The molecule has 5 rings (SSSR count). The van der Waals surface area contributed by atoms with E-state index in [0.29, 0.717) is 5.69 Å². The van der Waals surface area contributed by atoms with Gasteiger partial charge in [-0.2, -0.15) is 0 Å². The van der Waals surface area contributed by atoms with E-state index in [4.69, 9.17) is 14.2 Å². The molecule has 1 aromatic heterocycles. The number of amides is 1. The zero-order valence-electron chi connectivity index (χ0n) is 19.1. The minimum Gasteiger partial charge on any atom is -0.497 e. The molecule has 1 amide bonds. The van der Waals surface area contributed by atoms with Crippen molar-refractivity contribution in [2.45, 2.75) is 25.4 Å². The van der Waals surface area contributed by atoms with Gasteiger partial charge in [0.15, 0.2) is 11.5 Å². The highest BCUT2D eigenvalue weighted by molar-refractivity contribution is 5.79. The lowest BCUT2D eigenvalue weighted by Gasteiger charge is -2.32. The van der Waals surface area contributed by atoms with Crippen LogP contribution in [-0.4, -0.2) is 47.8 Å². The summed E-state index contributed by atoms with van der Waals surface area (Å²) >= 11 is 0. The molecular weight excluding hydrogens is 432 g/mol. The van der Waals surface area contributed by atoms with Gasteiger partial charge in [-0.05, 0) is 61.3 Å². The number of hydrogen-bond donors (Lipinski definition) is 1. The van der Waals surface area contributed by atoms with Crippen LogP contribution in [0.3, 0.4) is 0 Å². The van der Waals surface area contributed by atoms with Crippen LogP contribution in [0.5, 0.6) is 17.2 Å². The van der Waals surface area contributed by atoms with Crippen molar-refractivity contribution >= 4 is 5.91 Å². The summed E-state index contributed by atoms with van der Waals surface area (Å²) < 4.78 is 16.3. The number of aromatic nitrogens is 2. The van der Waals surface area contributed by atoms with E-state index in [1.807, 2.05) is 36.4 Å². The van der Waals surface area contributed by atoms with Gasteiger partial charge in [0, 0.05) is 24.9 Å². The maximum Gasteiger partial charge on any atom is 0.231 e. The van der Waals surface area contributed by atoms with E-state index in [2.05, 4.69) is 26.3 Å². The molecule has 1 unspecified atom stereocenters. The van der Waals surface area contributed by atoms with Crippen molar-refractivity contribution in [3.8, 4) is 17.2 Å². The Kier molecular flexibility index (Phi) is 6.58. The molecule has 1 saturated heterocycles. The van der Waals surface area contributed by atoms with Gasteiger partial charge >= 0.3 is 0 Å². The van der Waals surface area contributed by atoms with Crippen LogP contribution < -0.4 is 19.5 Å². The van der Waals surface area contributed by atoms with Crippen molar-refractivity contribution in [3.05, 3.63) is 77.9 Å². The van der Waals surface area contributed by atoms with Crippen molar-refractivity contribution in [1.82, 2.24) is 20.2 Å². The average Bonchev–Trinajstić information content (AvgIpc) is 3.36. The van der Waals surface area contributed by atoms with Crippen LogP contribution in [0, 0.1) is 5.92 Å². The van der Waals surface area contributed by atoms with Crippen LogP contribution in [0.2, 0.25) is 0 Å². The molecule has 0 aliphatic carbocycles. The van der Waals surface area contributed by atoms with Gasteiger partial charge in [0.25, 0.3) is 0 Å². The summed E-state index contributed by atoms with van der Waals surface area (Å²) in [5.74, 6) is 2.34. The van der Waals surface area contributed by atoms with Crippen LogP contribution in [-0.2, 0) is 11.3 Å². The summed E-state index contributed by atoms with van der Waals surface area (Å²) in [5, 5.41) is 3.22. The summed E-state index contributed by atoms with van der Waals surface area (Å²) in [4.78, 5) is 24.3. The molecule has 0 bridgehead atoms. The van der Waals surface area contributed by atoms with Gasteiger partial charge in [-0.1, -0.05) is 18.2 Å². The second-order valence-corrected chi connectivity index (χ2v) is 8.59. The van der Waals surface area contributed by atoms with Gasteiger partial charge in [0.1, 0.15) is 5.75 Å². The largest absolute Gasteiger partial charge is 0.497 e. The molecule has 8 heteroatoms. The number of hydrogen-bond acceptors (Lipinski definition) is 7. The first-order valence-electron chi connectivity index (χ1n) is 11.5. The van der Waals surface area contributed by atoms with Crippen LogP contribution in [0.15, 0.2) is 61.1 Å². The summed E-state index contributed by atoms with van der Waals surface area (Å²) in [6.45, 7) is 2.84. The van der Waals surface area contributed by atoms with E-state index in [0.717, 1.165) is 55.3 Å². The van der Waals surface area contributed by atoms with Crippen molar-refractivity contribution < 1.29 is 19.0 Å². The molecule has 1 N–H and O–H groups in total. The van der Waals surface area contributed by atoms with Gasteiger partial charge in [-0.15, -0.1) is 0 Å². The zero-order chi connectivity index (χ0) is 23.3. The number of carbonyl (C=O) groups excluding carboxylic acids is 1. The van der Waals surface area contributed by atoms with Gasteiger partial charge in [0.2, 0.25) is 12.7 Å². The average molecular weight is 461 g/mol. The standard InChI is InChI=1S/C26H28N4O4/c1-32-21-4-2-3-20(14-21)25(22-15-27-9-10-28-22)29-26(31)19-7-11-30(12-8-19)16-18-5-6-23-24(13-18)34-17-33-23/h2-6,9-10,13-15,19,25H,7-8,11-12,16-17H2,1H3,(H,29,31). The second-order valence-electron chi connectivity index (χ2n) is 8.59. The van der Waals surface area contributed by atoms with Crippen LogP contribution >= 0.6 is 0 Å². The number of nitrogens with one attached hydrogen (secondary N) is 1. The van der Waals surface area contributed by atoms with Gasteiger partial charge in [-0.25, -0.2) is 0 Å². The first kappa shape index (κ1) is 22.2. The van der Waals surface area contributed by atoms with Crippen molar-refractivity contribution in [3.63, 3.8) is 0 Å². The Labute approximate surface area is 198 Å². The second kappa shape index (κ2) is 10.1. The molecule has 0 radical (unpaired) electrons.